The van der Waals surface area contributed by atoms with Crippen molar-refractivity contribution in [1.29, 1.82) is 0 Å². The van der Waals surface area contributed by atoms with E-state index in [4.69, 9.17) is 4.74 Å². The minimum atomic E-state index is -0.510. The third-order valence-electron chi connectivity index (χ3n) is 5.16. The third-order valence-corrected chi connectivity index (χ3v) is 5.16. The topological polar surface area (TPSA) is 77.5 Å². The van der Waals surface area contributed by atoms with E-state index in [0.29, 0.717) is 12.2 Å². The quantitative estimate of drug-likeness (QED) is 0.840. The molecule has 2 aliphatic rings. The maximum Gasteiger partial charge on any atom is 0.356 e. The van der Waals surface area contributed by atoms with Crippen molar-refractivity contribution in [3.05, 3.63) is 29.6 Å². The summed E-state index contributed by atoms with van der Waals surface area (Å²) in [6.45, 7) is 2.72. The van der Waals surface area contributed by atoms with Gasteiger partial charge in [-0.05, 0) is 38.3 Å². The van der Waals surface area contributed by atoms with Crippen molar-refractivity contribution < 1.29 is 19.1 Å². The number of nitrogens with zero attached hydrogens (tertiary/aromatic N) is 1. The summed E-state index contributed by atoms with van der Waals surface area (Å²) in [6, 6.07) is 3.27. The zero-order chi connectivity index (χ0) is 16.4. The van der Waals surface area contributed by atoms with Crippen LogP contribution < -0.4 is 5.32 Å². The van der Waals surface area contributed by atoms with E-state index >= 15 is 0 Å². The summed E-state index contributed by atoms with van der Waals surface area (Å²) in [5.74, 6) is -0.663. The zero-order valence-corrected chi connectivity index (χ0v) is 13.5. The van der Waals surface area contributed by atoms with Crippen LogP contribution in [-0.2, 0) is 9.47 Å². The van der Waals surface area contributed by atoms with Gasteiger partial charge in [0.1, 0.15) is 5.69 Å². The summed E-state index contributed by atoms with van der Waals surface area (Å²) in [7, 11) is 1.30. The lowest BCUT2D eigenvalue weighted by atomic mass is 9.51. The molecule has 1 amide bonds. The summed E-state index contributed by atoms with van der Waals surface area (Å²) in [4.78, 5) is 27.7. The van der Waals surface area contributed by atoms with E-state index < -0.39 is 5.97 Å². The Morgan fingerprint density at radius 2 is 2.17 bits per heavy atom. The van der Waals surface area contributed by atoms with Gasteiger partial charge in [-0.1, -0.05) is 6.42 Å². The second-order valence-corrected chi connectivity index (χ2v) is 6.22. The standard InChI is InChI=1S/C17H22N2O4/c1-3-23-14-9-13(17(14)7-4-8-17)19-15(20)11-5-6-12(18-10-11)16(21)22-2/h5-6,10,13-14H,3-4,7-9H2,1-2H3,(H,19,20). The Labute approximate surface area is 135 Å². The van der Waals surface area contributed by atoms with Crippen LogP contribution in [0.15, 0.2) is 18.3 Å². The van der Waals surface area contributed by atoms with Gasteiger partial charge in [-0.3, -0.25) is 4.79 Å². The Balaban J connectivity index is 1.62. The van der Waals surface area contributed by atoms with E-state index in [9.17, 15) is 9.59 Å². The maximum absolute atomic E-state index is 12.4. The number of ether oxygens (including phenoxy) is 2. The largest absolute Gasteiger partial charge is 0.464 e. The van der Waals surface area contributed by atoms with Crippen LogP contribution in [0.2, 0.25) is 0 Å². The van der Waals surface area contributed by atoms with Crippen LogP contribution in [0.3, 0.4) is 0 Å². The predicted octanol–water partition coefficient (Wildman–Crippen LogP) is 1.95. The molecule has 1 N–H and O–H groups in total. The minimum Gasteiger partial charge on any atom is -0.464 e. The highest BCUT2D eigenvalue weighted by atomic mass is 16.5. The van der Waals surface area contributed by atoms with E-state index in [2.05, 4.69) is 15.0 Å². The molecule has 0 aromatic carbocycles. The number of rotatable bonds is 5. The minimum absolute atomic E-state index is 0.130. The van der Waals surface area contributed by atoms with Crippen molar-refractivity contribution in [1.82, 2.24) is 10.3 Å². The van der Waals surface area contributed by atoms with Crippen LogP contribution in [0, 0.1) is 5.41 Å². The third kappa shape index (κ3) is 2.72. The second-order valence-electron chi connectivity index (χ2n) is 6.22. The van der Waals surface area contributed by atoms with Crippen molar-refractivity contribution in [2.45, 2.75) is 44.8 Å². The highest BCUT2D eigenvalue weighted by molar-refractivity contribution is 5.95. The van der Waals surface area contributed by atoms with Crippen molar-refractivity contribution >= 4 is 11.9 Å². The molecule has 1 aromatic heterocycles. The van der Waals surface area contributed by atoms with Crippen LogP contribution in [0.4, 0.5) is 0 Å². The van der Waals surface area contributed by atoms with Gasteiger partial charge < -0.3 is 14.8 Å². The fraction of sp³-hybridized carbons (Fsp3) is 0.588. The Bertz CT molecular complexity index is 595. The highest BCUT2D eigenvalue weighted by Crippen LogP contribution is 2.57. The summed E-state index contributed by atoms with van der Waals surface area (Å²) in [6.07, 6.45) is 5.97. The van der Waals surface area contributed by atoms with Gasteiger partial charge in [0.2, 0.25) is 0 Å². The molecule has 0 saturated heterocycles. The maximum atomic E-state index is 12.4. The summed E-state index contributed by atoms with van der Waals surface area (Å²) in [5, 5.41) is 3.10. The molecule has 0 aliphatic heterocycles. The van der Waals surface area contributed by atoms with Gasteiger partial charge in [-0.25, -0.2) is 9.78 Å². The first-order valence-electron chi connectivity index (χ1n) is 8.07. The molecule has 1 aromatic rings. The fourth-order valence-corrected chi connectivity index (χ4v) is 3.64. The molecule has 2 unspecified atom stereocenters. The van der Waals surface area contributed by atoms with Gasteiger partial charge in [0.25, 0.3) is 5.91 Å². The number of esters is 1. The number of aromatic nitrogens is 1. The molecule has 1 heterocycles. The SMILES string of the molecule is CCOC1CC(NC(=O)c2ccc(C(=O)OC)nc2)C12CCC2. The normalized spacial score (nSPS) is 24.4. The van der Waals surface area contributed by atoms with Gasteiger partial charge >= 0.3 is 5.97 Å². The molecule has 6 heteroatoms. The predicted molar refractivity (Wildman–Crippen MR) is 83.1 cm³/mol. The molecule has 0 bridgehead atoms. The van der Waals surface area contributed by atoms with Crippen LogP contribution >= 0.6 is 0 Å². The van der Waals surface area contributed by atoms with Gasteiger partial charge in [0, 0.05) is 24.3 Å². The molecule has 2 saturated carbocycles. The van der Waals surface area contributed by atoms with Crippen molar-refractivity contribution in [2.75, 3.05) is 13.7 Å². The van der Waals surface area contributed by atoms with Crippen molar-refractivity contribution in [2.24, 2.45) is 5.41 Å². The molecular formula is C17H22N2O4. The zero-order valence-electron chi connectivity index (χ0n) is 13.5. The molecule has 3 rings (SSSR count). The highest BCUT2D eigenvalue weighted by Gasteiger charge is 2.59. The lowest BCUT2D eigenvalue weighted by Gasteiger charge is -2.61. The number of carbonyl (C=O) groups excluding carboxylic acids is 2. The number of amides is 1. The van der Waals surface area contributed by atoms with Crippen LogP contribution in [0.25, 0.3) is 0 Å². The lowest BCUT2D eigenvalue weighted by Crippen LogP contribution is -2.67. The van der Waals surface area contributed by atoms with Gasteiger partial charge in [-0.2, -0.15) is 0 Å². The first-order chi connectivity index (χ1) is 11.1. The Morgan fingerprint density at radius 1 is 1.39 bits per heavy atom. The monoisotopic (exact) mass is 318 g/mol. The number of pyridine rings is 1. The number of hydrogen-bond acceptors (Lipinski definition) is 5. The Hall–Kier alpha value is -1.95. The molecule has 2 atom stereocenters. The fourth-order valence-electron chi connectivity index (χ4n) is 3.64. The average molecular weight is 318 g/mol. The molecule has 0 radical (unpaired) electrons. The molecule has 124 valence electrons. The molecular weight excluding hydrogens is 296 g/mol. The Kier molecular flexibility index (Phi) is 4.35. The van der Waals surface area contributed by atoms with E-state index in [-0.39, 0.29) is 29.2 Å². The van der Waals surface area contributed by atoms with Crippen LogP contribution in [0.5, 0.6) is 0 Å². The smallest absolute Gasteiger partial charge is 0.356 e. The van der Waals surface area contributed by atoms with Crippen LogP contribution in [-0.4, -0.2) is 42.7 Å². The molecule has 2 fully saturated rings. The summed E-state index contributed by atoms with van der Waals surface area (Å²) < 4.78 is 10.4. The van der Waals surface area contributed by atoms with E-state index in [1.807, 2.05) is 6.92 Å². The van der Waals surface area contributed by atoms with Crippen molar-refractivity contribution in [3.8, 4) is 0 Å². The van der Waals surface area contributed by atoms with Crippen molar-refractivity contribution in [3.63, 3.8) is 0 Å². The van der Waals surface area contributed by atoms with Gasteiger partial charge in [-0.15, -0.1) is 0 Å². The molecule has 2 aliphatic carbocycles. The summed E-state index contributed by atoms with van der Waals surface area (Å²) >= 11 is 0. The van der Waals surface area contributed by atoms with E-state index in [1.54, 1.807) is 6.07 Å². The number of nitrogens with one attached hydrogen (secondary N) is 1. The first kappa shape index (κ1) is 15.9. The first-order valence-corrected chi connectivity index (χ1v) is 8.07. The molecule has 23 heavy (non-hydrogen) atoms. The molecule has 6 nitrogen and oxygen atoms in total. The molecule has 1 spiro atoms. The summed E-state index contributed by atoms with van der Waals surface area (Å²) in [5.41, 5.74) is 0.775. The van der Waals surface area contributed by atoms with E-state index in [1.165, 1.54) is 25.8 Å². The van der Waals surface area contributed by atoms with Crippen LogP contribution in [0.1, 0.15) is 53.5 Å². The van der Waals surface area contributed by atoms with Gasteiger partial charge in [0.15, 0.2) is 0 Å². The number of methoxy groups -OCH3 is 1. The van der Waals surface area contributed by atoms with Gasteiger partial charge in [0.05, 0.1) is 18.8 Å². The second kappa shape index (κ2) is 6.28. The number of hydrogen-bond donors (Lipinski definition) is 1. The average Bonchev–Trinajstić information content (AvgIpc) is 2.51. The lowest BCUT2D eigenvalue weighted by molar-refractivity contribution is -0.169. The Morgan fingerprint density at radius 3 is 2.70 bits per heavy atom. The number of carbonyl (C=O) groups is 2. The van der Waals surface area contributed by atoms with E-state index in [0.717, 1.165) is 19.3 Å².